The Labute approximate surface area is 131 Å². The summed E-state index contributed by atoms with van der Waals surface area (Å²) < 4.78 is 2.18. The molecule has 0 radical (unpaired) electrons. The van der Waals surface area contributed by atoms with Crippen LogP contribution in [0.3, 0.4) is 0 Å². The van der Waals surface area contributed by atoms with Crippen molar-refractivity contribution >= 4 is 5.69 Å². The number of hydrogen-bond donors (Lipinski definition) is 0. The van der Waals surface area contributed by atoms with Crippen molar-refractivity contribution < 1.29 is 0 Å². The highest BCUT2D eigenvalue weighted by molar-refractivity contribution is 5.63. The fourth-order valence-corrected chi connectivity index (χ4v) is 2.67. The zero-order chi connectivity index (χ0) is 15.7. The molecule has 22 heavy (non-hydrogen) atoms. The van der Waals surface area contributed by atoms with Crippen LogP contribution in [0.1, 0.15) is 11.4 Å². The molecule has 3 rings (SSSR count). The molecule has 3 heteroatoms. The number of aromatic nitrogens is 2. The topological polar surface area (TPSA) is 21.1 Å². The summed E-state index contributed by atoms with van der Waals surface area (Å²) in [5.41, 5.74) is 5.72. The maximum atomic E-state index is 4.83. The Kier molecular flexibility index (Phi) is 3.72. The van der Waals surface area contributed by atoms with Gasteiger partial charge in [0.1, 0.15) is 5.82 Å². The van der Waals surface area contributed by atoms with Crippen LogP contribution in [0.5, 0.6) is 0 Å². The standard InChI is InChI=1S/C19H21N3/c1-14-8-9-15(2)22(14)19-7-5-6-18(20-19)16-10-12-17(13-11-16)21(3)4/h5-13H,1-4H3. The van der Waals surface area contributed by atoms with Crippen molar-refractivity contribution in [3.05, 3.63) is 66.0 Å². The van der Waals surface area contributed by atoms with Gasteiger partial charge in [-0.25, -0.2) is 4.98 Å². The normalized spacial score (nSPS) is 10.7. The predicted molar refractivity (Wildman–Crippen MR) is 92.8 cm³/mol. The first-order chi connectivity index (χ1) is 10.6. The molecule has 0 aliphatic rings. The third kappa shape index (κ3) is 2.62. The van der Waals surface area contributed by atoms with E-state index in [1.807, 2.05) is 14.1 Å². The monoisotopic (exact) mass is 291 g/mol. The predicted octanol–water partition coefficient (Wildman–Crippen LogP) is 4.22. The molecule has 0 N–H and O–H groups in total. The maximum absolute atomic E-state index is 4.83. The lowest BCUT2D eigenvalue weighted by Crippen LogP contribution is -2.08. The average Bonchev–Trinajstić information content (AvgIpc) is 2.86. The molecule has 0 atom stereocenters. The second-order valence-electron chi connectivity index (χ2n) is 5.77. The van der Waals surface area contributed by atoms with Crippen molar-refractivity contribution in [2.75, 3.05) is 19.0 Å². The molecule has 0 unspecified atom stereocenters. The van der Waals surface area contributed by atoms with Gasteiger partial charge in [0.25, 0.3) is 0 Å². The lowest BCUT2D eigenvalue weighted by atomic mass is 10.1. The molecule has 1 aromatic carbocycles. The van der Waals surface area contributed by atoms with E-state index in [1.165, 1.54) is 17.1 Å². The van der Waals surface area contributed by atoms with Crippen LogP contribution in [-0.2, 0) is 0 Å². The van der Waals surface area contributed by atoms with Gasteiger partial charge in [-0.05, 0) is 50.2 Å². The highest BCUT2D eigenvalue weighted by Crippen LogP contribution is 2.23. The number of nitrogens with zero attached hydrogens (tertiary/aromatic N) is 3. The van der Waals surface area contributed by atoms with E-state index >= 15 is 0 Å². The summed E-state index contributed by atoms with van der Waals surface area (Å²) in [6.07, 6.45) is 0. The van der Waals surface area contributed by atoms with Crippen LogP contribution in [0.25, 0.3) is 17.1 Å². The van der Waals surface area contributed by atoms with Crippen molar-refractivity contribution in [2.45, 2.75) is 13.8 Å². The molecule has 3 aromatic rings. The Morgan fingerprint density at radius 1 is 0.818 bits per heavy atom. The highest BCUT2D eigenvalue weighted by atomic mass is 15.1. The molecule has 0 spiro atoms. The molecule has 0 bridgehead atoms. The van der Waals surface area contributed by atoms with E-state index in [0.717, 1.165) is 17.1 Å². The van der Waals surface area contributed by atoms with E-state index in [2.05, 4.69) is 77.9 Å². The Morgan fingerprint density at radius 3 is 2.05 bits per heavy atom. The summed E-state index contributed by atoms with van der Waals surface area (Å²) in [4.78, 5) is 6.93. The number of pyridine rings is 1. The van der Waals surface area contributed by atoms with E-state index in [0.29, 0.717) is 0 Å². The first-order valence-electron chi connectivity index (χ1n) is 7.46. The maximum Gasteiger partial charge on any atom is 0.137 e. The van der Waals surface area contributed by atoms with Crippen molar-refractivity contribution in [1.29, 1.82) is 0 Å². The van der Waals surface area contributed by atoms with E-state index in [4.69, 9.17) is 4.98 Å². The molecular weight excluding hydrogens is 270 g/mol. The fourth-order valence-electron chi connectivity index (χ4n) is 2.67. The van der Waals surface area contributed by atoms with E-state index in [9.17, 15) is 0 Å². The third-order valence-corrected chi connectivity index (χ3v) is 3.91. The van der Waals surface area contributed by atoms with Crippen LogP contribution in [0, 0.1) is 13.8 Å². The van der Waals surface area contributed by atoms with Crippen molar-refractivity contribution in [1.82, 2.24) is 9.55 Å². The number of hydrogen-bond acceptors (Lipinski definition) is 2. The highest BCUT2D eigenvalue weighted by Gasteiger charge is 2.07. The third-order valence-electron chi connectivity index (χ3n) is 3.91. The molecule has 0 saturated carbocycles. The molecule has 3 nitrogen and oxygen atoms in total. The minimum absolute atomic E-state index is 0.967. The summed E-state index contributed by atoms with van der Waals surface area (Å²) in [7, 11) is 4.09. The SMILES string of the molecule is Cc1ccc(C)n1-c1cccc(-c2ccc(N(C)C)cc2)n1. The molecule has 112 valence electrons. The van der Waals surface area contributed by atoms with Crippen LogP contribution < -0.4 is 4.90 Å². The van der Waals surface area contributed by atoms with E-state index in [1.54, 1.807) is 0 Å². The van der Waals surface area contributed by atoms with Crippen molar-refractivity contribution in [3.8, 4) is 17.1 Å². The lowest BCUT2D eigenvalue weighted by molar-refractivity contribution is 0.924. The smallest absolute Gasteiger partial charge is 0.137 e. The van der Waals surface area contributed by atoms with Crippen LogP contribution in [0.4, 0.5) is 5.69 Å². The van der Waals surface area contributed by atoms with Crippen LogP contribution in [0.2, 0.25) is 0 Å². The molecular formula is C19H21N3. The molecule has 0 aliphatic heterocycles. The van der Waals surface area contributed by atoms with Gasteiger partial charge in [0.2, 0.25) is 0 Å². The number of benzene rings is 1. The molecule has 0 aliphatic carbocycles. The van der Waals surface area contributed by atoms with E-state index in [-0.39, 0.29) is 0 Å². The summed E-state index contributed by atoms with van der Waals surface area (Å²) in [5, 5.41) is 0. The quantitative estimate of drug-likeness (QED) is 0.720. The first-order valence-corrected chi connectivity index (χ1v) is 7.46. The number of aryl methyl sites for hydroxylation is 2. The van der Waals surface area contributed by atoms with Gasteiger partial charge >= 0.3 is 0 Å². The molecule has 0 saturated heterocycles. The van der Waals surface area contributed by atoms with Gasteiger partial charge in [0.15, 0.2) is 0 Å². The van der Waals surface area contributed by atoms with E-state index < -0.39 is 0 Å². The number of rotatable bonds is 3. The van der Waals surface area contributed by atoms with Gasteiger partial charge in [0.05, 0.1) is 5.69 Å². The average molecular weight is 291 g/mol. The van der Waals surface area contributed by atoms with Gasteiger partial charge in [-0.2, -0.15) is 0 Å². The van der Waals surface area contributed by atoms with Crippen molar-refractivity contribution in [3.63, 3.8) is 0 Å². The van der Waals surface area contributed by atoms with Gasteiger partial charge < -0.3 is 9.47 Å². The van der Waals surface area contributed by atoms with Gasteiger partial charge in [0, 0.05) is 36.7 Å². The summed E-state index contributed by atoms with van der Waals surface area (Å²) >= 11 is 0. The Balaban J connectivity index is 2.01. The lowest BCUT2D eigenvalue weighted by Gasteiger charge is -2.13. The van der Waals surface area contributed by atoms with Gasteiger partial charge in [-0.3, -0.25) is 0 Å². The second kappa shape index (κ2) is 5.68. The second-order valence-corrected chi connectivity index (χ2v) is 5.77. The van der Waals surface area contributed by atoms with Crippen LogP contribution in [-0.4, -0.2) is 23.6 Å². The zero-order valence-corrected chi connectivity index (χ0v) is 13.5. The Bertz CT molecular complexity index is 763. The summed E-state index contributed by atoms with van der Waals surface area (Å²) in [6, 6.07) is 18.9. The molecule has 0 amide bonds. The van der Waals surface area contributed by atoms with Gasteiger partial charge in [-0.1, -0.05) is 18.2 Å². The minimum Gasteiger partial charge on any atom is -0.378 e. The summed E-state index contributed by atoms with van der Waals surface area (Å²) in [6.45, 7) is 4.21. The first kappa shape index (κ1) is 14.4. The van der Waals surface area contributed by atoms with Gasteiger partial charge in [-0.15, -0.1) is 0 Å². The molecule has 0 fully saturated rings. The minimum atomic E-state index is 0.967. The fraction of sp³-hybridized carbons (Fsp3) is 0.211. The summed E-state index contributed by atoms with van der Waals surface area (Å²) in [5.74, 6) is 0.967. The van der Waals surface area contributed by atoms with Crippen LogP contribution >= 0.6 is 0 Å². The molecule has 2 aromatic heterocycles. The number of anilines is 1. The van der Waals surface area contributed by atoms with Crippen molar-refractivity contribution in [2.24, 2.45) is 0 Å². The largest absolute Gasteiger partial charge is 0.378 e. The van der Waals surface area contributed by atoms with Crippen LogP contribution in [0.15, 0.2) is 54.6 Å². The Morgan fingerprint density at radius 2 is 1.45 bits per heavy atom. The zero-order valence-electron chi connectivity index (χ0n) is 13.5. The Hall–Kier alpha value is -2.55. The molecule has 2 heterocycles.